The molecule has 0 aromatic heterocycles. The lowest BCUT2D eigenvalue weighted by atomic mass is 10.2. The molecule has 0 radical (unpaired) electrons. The highest BCUT2D eigenvalue weighted by Gasteiger charge is 2.12. The Labute approximate surface area is 108 Å². The fraction of sp³-hybridized carbons (Fsp3) is 0.429. The van der Waals surface area contributed by atoms with Gasteiger partial charge >= 0.3 is 0 Å². The van der Waals surface area contributed by atoms with Crippen molar-refractivity contribution in [1.82, 2.24) is 4.90 Å². The van der Waals surface area contributed by atoms with E-state index < -0.39 is 0 Å². The largest absolute Gasteiger partial charge is 0.330 e. The van der Waals surface area contributed by atoms with E-state index in [9.17, 15) is 4.79 Å². The summed E-state index contributed by atoms with van der Waals surface area (Å²) in [5.41, 5.74) is 6.44. The van der Waals surface area contributed by atoms with Crippen molar-refractivity contribution in [3.63, 3.8) is 0 Å². The smallest absolute Gasteiger partial charge is 0.223 e. The predicted molar refractivity (Wildman–Crippen MR) is 70.4 cm³/mol. The summed E-state index contributed by atoms with van der Waals surface area (Å²) in [7, 11) is 0. The second-order valence-electron chi connectivity index (χ2n) is 4.14. The minimum atomic E-state index is 0.0221. The second-order valence-corrected chi connectivity index (χ2v) is 4.14. The molecule has 0 aliphatic carbocycles. The number of carbonyl (C=O) groups is 1. The van der Waals surface area contributed by atoms with Gasteiger partial charge in [0.2, 0.25) is 5.91 Å². The Morgan fingerprint density at radius 2 is 2.00 bits per heavy atom. The second kappa shape index (κ2) is 8.26. The Balaban J connectivity index is 2.54. The summed E-state index contributed by atoms with van der Waals surface area (Å²) in [5, 5.41) is 8.77. The molecule has 0 saturated heterocycles. The lowest BCUT2D eigenvalue weighted by Gasteiger charge is -2.19. The van der Waals surface area contributed by atoms with Crippen LogP contribution in [0, 0.1) is 11.3 Å². The molecule has 4 nitrogen and oxygen atoms in total. The van der Waals surface area contributed by atoms with Crippen LogP contribution in [0.2, 0.25) is 0 Å². The van der Waals surface area contributed by atoms with Crippen LogP contribution in [0.3, 0.4) is 0 Å². The van der Waals surface area contributed by atoms with E-state index in [0.29, 0.717) is 19.5 Å². The molecule has 1 aromatic rings. The topological polar surface area (TPSA) is 70.1 Å². The number of benzene rings is 1. The summed E-state index contributed by atoms with van der Waals surface area (Å²) in [4.78, 5) is 13.5. The number of unbranched alkanes of at least 4 members (excludes halogenated alkanes) is 1. The van der Waals surface area contributed by atoms with Crippen molar-refractivity contribution in [2.75, 3.05) is 13.1 Å². The SMILES string of the molecule is N#CCN(Cc1ccccc1)C(=O)CCCCN. The van der Waals surface area contributed by atoms with Crippen LogP contribution in [0.1, 0.15) is 24.8 Å². The third-order valence-electron chi connectivity index (χ3n) is 2.68. The van der Waals surface area contributed by atoms with Gasteiger partial charge in [0.1, 0.15) is 6.54 Å². The number of nitrogens with two attached hydrogens (primary N) is 1. The molecule has 18 heavy (non-hydrogen) atoms. The molecule has 0 aliphatic rings. The van der Waals surface area contributed by atoms with Crippen molar-refractivity contribution in [3.8, 4) is 6.07 Å². The van der Waals surface area contributed by atoms with Crippen LogP contribution in [-0.2, 0) is 11.3 Å². The van der Waals surface area contributed by atoms with E-state index in [0.717, 1.165) is 18.4 Å². The first-order valence-electron chi connectivity index (χ1n) is 6.16. The highest BCUT2D eigenvalue weighted by atomic mass is 16.2. The summed E-state index contributed by atoms with van der Waals surface area (Å²) in [6.45, 7) is 1.23. The number of rotatable bonds is 7. The van der Waals surface area contributed by atoms with Gasteiger partial charge in [-0.1, -0.05) is 30.3 Å². The fourth-order valence-electron chi connectivity index (χ4n) is 1.70. The zero-order chi connectivity index (χ0) is 13.2. The van der Waals surface area contributed by atoms with Crippen molar-refractivity contribution >= 4 is 5.91 Å². The molecule has 2 N–H and O–H groups in total. The minimum Gasteiger partial charge on any atom is -0.330 e. The Hall–Kier alpha value is -1.86. The van der Waals surface area contributed by atoms with Gasteiger partial charge in [0.05, 0.1) is 6.07 Å². The van der Waals surface area contributed by atoms with Crippen molar-refractivity contribution in [2.24, 2.45) is 5.73 Å². The van der Waals surface area contributed by atoms with Crippen LogP contribution in [0.5, 0.6) is 0 Å². The molecule has 0 fully saturated rings. The van der Waals surface area contributed by atoms with Gasteiger partial charge in [-0.25, -0.2) is 0 Å². The molecule has 0 spiro atoms. The highest BCUT2D eigenvalue weighted by molar-refractivity contribution is 5.76. The monoisotopic (exact) mass is 245 g/mol. The molecule has 1 aromatic carbocycles. The van der Waals surface area contributed by atoms with E-state index in [-0.39, 0.29) is 12.5 Å². The Bertz CT molecular complexity index is 397. The summed E-state index contributed by atoms with van der Waals surface area (Å²) in [5.74, 6) is 0.0221. The molecule has 1 amide bonds. The minimum absolute atomic E-state index is 0.0221. The van der Waals surface area contributed by atoms with E-state index in [1.807, 2.05) is 36.4 Å². The van der Waals surface area contributed by atoms with Crippen LogP contribution in [-0.4, -0.2) is 23.9 Å². The maximum absolute atomic E-state index is 11.9. The fourth-order valence-corrected chi connectivity index (χ4v) is 1.70. The Kier molecular flexibility index (Phi) is 6.52. The van der Waals surface area contributed by atoms with Crippen LogP contribution in [0.15, 0.2) is 30.3 Å². The first-order chi connectivity index (χ1) is 8.77. The molecular formula is C14H19N3O. The van der Waals surface area contributed by atoms with Gasteiger partial charge < -0.3 is 10.6 Å². The molecule has 0 heterocycles. The average molecular weight is 245 g/mol. The Morgan fingerprint density at radius 1 is 1.28 bits per heavy atom. The van der Waals surface area contributed by atoms with E-state index in [2.05, 4.69) is 0 Å². The summed E-state index contributed by atoms with van der Waals surface area (Å²) >= 11 is 0. The standard InChI is InChI=1S/C14H19N3O/c15-9-5-4-8-14(18)17(11-10-16)12-13-6-2-1-3-7-13/h1-3,6-7H,4-5,8-9,11-12,15H2. The molecule has 4 heteroatoms. The maximum Gasteiger partial charge on any atom is 0.223 e. The zero-order valence-electron chi connectivity index (χ0n) is 10.5. The van der Waals surface area contributed by atoms with Gasteiger partial charge in [-0.15, -0.1) is 0 Å². The number of carbonyl (C=O) groups excluding carboxylic acids is 1. The first-order valence-corrected chi connectivity index (χ1v) is 6.16. The molecule has 0 bridgehead atoms. The van der Waals surface area contributed by atoms with E-state index in [4.69, 9.17) is 11.0 Å². The maximum atomic E-state index is 11.9. The molecule has 0 unspecified atom stereocenters. The van der Waals surface area contributed by atoms with Crippen molar-refractivity contribution in [3.05, 3.63) is 35.9 Å². The summed E-state index contributed by atoms with van der Waals surface area (Å²) in [6.07, 6.45) is 2.09. The molecule has 0 saturated carbocycles. The third-order valence-corrected chi connectivity index (χ3v) is 2.68. The number of hydrogen-bond donors (Lipinski definition) is 1. The third kappa shape index (κ3) is 4.98. The predicted octanol–water partition coefficient (Wildman–Crippen LogP) is 1.67. The quantitative estimate of drug-likeness (QED) is 0.586. The summed E-state index contributed by atoms with van der Waals surface area (Å²) in [6, 6.07) is 11.7. The van der Waals surface area contributed by atoms with Gasteiger partial charge in [-0.05, 0) is 24.9 Å². The lowest BCUT2D eigenvalue weighted by molar-refractivity contribution is -0.131. The zero-order valence-corrected chi connectivity index (χ0v) is 10.5. The molecular weight excluding hydrogens is 226 g/mol. The molecule has 0 aliphatic heterocycles. The van der Waals surface area contributed by atoms with Crippen LogP contribution in [0.25, 0.3) is 0 Å². The van der Waals surface area contributed by atoms with E-state index in [1.54, 1.807) is 4.90 Å². The van der Waals surface area contributed by atoms with Crippen molar-refractivity contribution in [2.45, 2.75) is 25.8 Å². The molecule has 0 atom stereocenters. The lowest BCUT2D eigenvalue weighted by Crippen LogP contribution is -2.30. The van der Waals surface area contributed by atoms with Gasteiger partial charge in [-0.2, -0.15) is 5.26 Å². The number of amides is 1. The first kappa shape index (κ1) is 14.2. The number of nitrogens with zero attached hydrogens (tertiary/aromatic N) is 2. The van der Waals surface area contributed by atoms with Gasteiger partial charge in [0.15, 0.2) is 0 Å². The normalized spacial score (nSPS) is 9.78. The Morgan fingerprint density at radius 3 is 2.61 bits per heavy atom. The number of nitriles is 1. The highest BCUT2D eigenvalue weighted by Crippen LogP contribution is 2.07. The van der Waals surface area contributed by atoms with E-state index >= 15 is 0 Å². The van der Waals surface area contributed by atoms with Gasteiger partial charge in [0, 0.05) is 13.0 Å². The van der Waals surface area contributed by atoms with Crippen molar-refractivity contribution < 1.29 is 4.79 Å². The van der Waals surface area contributed by atoms with Crippen molar-refractivity contribution in [1.29, 1.82) is 5.26 Å². The van der Waals surface area contributed by atoms with Crippen LogP contribution in [0.4, 0.5) is 0 Å². The van der Waals surface area contributed by atoms with Crippen LogP contribution >= 0.6 is 0 Å². The summed E-state index contributed by atoms with van der Waals surface area (Å²) < 4.78 is 0. The van der Waals surface area contributed by atoms with E-state index in [1.165, 1.54) is 0 Å². The molecule has 96 valence electrons. The van der Waals surface area contributed by atoms with Gasteiger partial charge in [0.25, 0.3) is 0 Å². The molecule has 1 rings (SSSR count). The van der Waals surface area contributed by atoms with Crippen LogP contribution < -0.4 is 5.73 Å². The van der Waals surface area contributed by atoms with Gasteiger partial charge in [-0.3, -0.25) is 4.79 Å². The number of hydrogen-bond acceptors (Lipinski definition) is 3. The average Bonchev–Trinajstić information content (AvgIpc) is 2.39.